The lowest BCUT2D eigenvalue weighted by atomic mass is 9.84. The van der Waals surface area contributed by atoms with Gasteiger partial charge in [0, 0.05) is 48.6 Å². The molecule has 30 N–H and O–H groups in total. The van der Waals surface area contributed by atoms with E-state index in [0.717, 1.165) is 11.1 Å². The predicted octanol–water partition coefficient (Wildman–Crippen LogP) is -8.17. The van der Waals surface area contributed by atoms with E-state index in [1.807, 2.05) is 0 Å². The van der Waals surface area contributed by atoms with Gasteiger partial charge in [0.2, 0.25) is 0 Å². The zero-order chi connectivity index (χ0) is 60.1. The van der Waals surface area contributed by atoms with Crippen LogP contribution < -0.4 is 68.0 Å². The van der Waals surface area contributed by atoms with Crippen molar-refractivity contribution in [3.63, 3.8) is 0 Å². The average molecular weight is 1190 g/mol. The molecular formula is C51H84N12O20. The van der Waals surface area contributed by atoms with Gasteiger partial charge in [-0.2, -0.15) is 0 Å². The highest BCUT2D eigenvalue weighted by molar-refractivity contribution is 5.85. The van der Waals surface area contributed by atoms with Gasteiger partial charge >= 0.3 is 12.2 Å². The molecular weight excluding hydrogens is 1100 g/mol. The summed E-state index contributed by atoms with van der Waals surface area (Å²) in [7, 11) is 0. The maximum absolute atomic E-state index is 12.9. The van der Waals surface area contributed by atoms with Crippen LogP contribution in [0.25, 0.3) is 0 Å². The summed E-state index contributed by atoms with van der Waals surface area (Å²) in [6.45, 7) is -1.07. The van der Waals surface area contributed by atoms with Crippen LogP contribution in [0.3, 0.4) is 0 Å². The Kier molecular flexibility index (Phi) is 22.4. The van der Waals surface area contributed by atoms with Crippen molar-refractivity contribution in [2.75, 3.05) is 36.9 Å². The van der Waals surface area contributed by atoms with Crippen molar-refractivity contribution in [1.29, 1.82) is 0 Å². The van der Waals surface area contributed by atoms with Gasteiger partial charge < -0.3 is 146 Å². The van der Waals surface area contributed by atoms with Crippen molar-refractivity contribution < 1.29 is 97.8 Å². The minimum atomic E-state index is -1.61. The van der Waals surface area contributed by atoms with E-state index in [0.29, 0.717) is 17.8 Å². The Morgan fingerprint density at radius 1 is 0.422 bits per heavy atom. The summed E-state index contributed by atoms with van der Waals surface area (Å²) in [5, 5.41) is 92.2. The summed E-state index contributed by atoms with van der Waals surface area (Å²) in [4.78, 5) is 25.9. The molecule has 0 radical (unpaired) electrons. The molecule has 6 aliphatic rings. The number of rotatable bonds is 18. The minimum Gasteiger partial charge on any atom is -0.446 e. The first-order valence-corrected chi connectivity index (χ1v) is 27.6. The molecule has 28 atom stereocenters. The number of anilines is 2. The number of nitrogens with two attached hydrogens (primary N) is 10. The fourth-order valence-electron chi connectivity index (χ4n) is 11.1. The molecule has 4 heterocycles. The third kappa shape index (κ3) is 15.6. The Balaban J connectivity index is 0.768. The van der Waals surface area contributed by atoms with E-state index >= 15 is 0 Å². The number of aliphatic hydroxyl groups is 8. The molecule has 2 aliphatic carbocycles. The number of amides is 2. The molecule has 4 aliphatic heterocycles. The lowest BCUT2D eigenvalue weighted by Crippen LogP contribution is -2.68. The molecule has 83 heavy (non-hydrogen) atoms. The van der Waals surface area contributed by atoms with Crippen LogP contribution in [-0.4, -0.2) is 251 Å². The Morgan fingerprint density at radius 2 is 0.735 bits per heavy atom. The van der Waals surface area contributed by atoms with Crippen LogP contribution in [0.15, 0.2) is 48.5 Å². The van der Waals surface area contributed by atoms with Gasteiger partial charge in [0.1, 0.15) is 86.5 Å². The van der Waals surface area contributed by atoms with Crippen molar-refractivity contribution in [1.82, 2.24) is 0 Å². The van der Waals surface area contributed by atoms with Crippen molar-refractivity contribution in [3.05, 3.63) is 59.7 Å². The summed E-state index contributed by atoms with van der Waals surface area (Å²) >= 11 is 0. The third-order valence-electron chi connectivity index (χ3n) is 16.0. The molecule has 2 amide bonds. The summed E-state index contributed by atoms with van der Waals surface area (Å²) in [5.41, 5.74) is 63.9. The first kappa shape index (κ1) is 64.9. The number of carbonyl (C=O) groups excluding carboxylic acids is 2. The van der Waals surface area contributed by atoms with Gasteiger partial charge in [0.05, 0.1) is 48.6 Å². The number of hydrogen-bond acceptors (Lipinski definition) is 30. The molecule has 0 spiro atoms. The van der Waals surface area contributed by atoms with Crippen molar-refractivity contribution in [2.24, 2.45) is 57.3 Å². The quantitative estimate of drug-likeness (QED) is 0.0659. The maximum Gasteiger partial charge on any atom is 0.411 e. The van der Waals surface area contributed by atoms with Gasteiger partial charge in [-0.05, 0) is 67.5 Å². The standard InChI is InChI=1S/C51H84N12O20/c52-14-30-28(64)12-26(58)46(76-30)80-42-22(54)10-24(56)44(40(42)70)82-48-38(68)34(60)36(66)32(78-48)16-74-50(72)62-20-5-1-18(2-6-20)9-19-3-7-21(8-4-19)63-51(73)75-17-33-37(67)35(61)39(69)49(79-33)83-45-25(57)11-23(55)43(41(45)71)81-47-27(59)13-29(65)31(15-53)77-47/h1-8,22-49,64-71H,9-17,52-61H2,(H,62,72)(H,63,73). The van der Waals surface area contributed by atoms with Crippen molar-refractivity contribution in [2.45, 2.75) is 203 Å². The van der Waals surface area contributed by atoms with Gasteiger partial charge in [-0.3, -0.25) is 10.6 Å². The topological polar surface area (TPSA) is 573 Å². The van der Waals surface area contributed by atoms with Crippen LogP contribution in [0.5, 0.6) is 0 Å². The molecule has 4 saturated heterocycles. The second-order valence-electron chi connectivity index (χ2n) is 22.2. The van der Waals surface area contributed by atoms with E-state index in [1.54, 1.807) is 48.5 Å². The molecule has 468 valence electrons. The second kappa shape index (κ2) is 28.6. The number of aliphatic hydroxyl groups excluding tert-OH is 8. The molecule has 32 heteroatoms. The second-order valence-corrected chi connectivity index (χ2v) is 22.2. The molecule has 2 saturated carbocycles. The number of hydrogen-bond donors (Lipinski definition) is 20. The first-order valence-electron chi connectivity index (χ1n) is 27.6. The molecule has 32 nitrogen and oxygen atoms in total. The van der Waals surface area contributed by atoms with E-state index in [1.165, 1.54) is 0 Å². The highest BCUT2D eigenvalue weighted by Gasteiger charge is 2.53. The normalized spacial score (nSPS) is 43.2. The highest BCUT2D eigenvalue weighted by Crippen LogP contribution is 2.34. The number of carbonyl (C=O) groups is 2. The molecule has 6 fully saturated rings. The van der Waals surface area contributed by atoms with Crippen LogP contribution >= 0.6 is 0 Å². The Morgan fingerprint density at radius 3 is 1.06 bits per heavy atom. The molecule has 8 rings (SSSR count). The Labute approximate surface area is 477 Å². The van der Waals surface area contributed by atoms with Gasteiger partial charge in [-0.25, -0.2) is 9.59 Å². The number of nitrogens with one attached hydrogen (secondary N) is 2. The van der Waals surface area contributed by atoms with E-state index in [4.69, 9.17) is 105 Å². The third-order valence-corrected chi connectivity index (χ3v) is 16.0. The lowest BCUT2D eigenvalue weighted by molar-refractivity contribution is -0.314. The Hall–Kier alpha value is -4.06. The van der Waals surface area contributed by atoms with Crippen LogP contribution in [-0.2, 0) is 53.8 Å². The lowest BCUT2D eigenvalue weighted by Gasteiger charge is -2.47. The summed E-state index contributed by atoms with van der Waals surface area (Å²) < 4.78 is 58.0. The van der Waals surface area contributed by atoms with Crippen LogP contribution in [0, 0.1) is 0 Å². The van der Waals surface area contributed by atoms with Gasteiger partial charge in [-0.15, -0.1) is 0 Å². The van der Waals surface area contributed by atoms with Gasteiger partial charge in [0.25, 0.3) is 0 Å². The largest absolute Gasteiger partial charge is 0.446 e. The van der Waals surface area contributed by atoms with Crippen molar-refractivity contribution >= 4 is 23.6 Å². The number of ether oxygens (including phenoxy) is 10. The summed E-state index contributed by atoms with van der Waals surface area (Å²) in [5.74, 6) is 0. The fourth-order valence-corrected chi connectivity index (χ4v) is 11.1. The molecule has 28 unspecified atom stereocenters. The van der Waals surface area contributed by atoms with E-state index < -0.39 is 197 Å². The molecule has 0 aromatic heterocycles. The maximum atomic E-state index is 12.9. The Bertz CT molecular complexity index is 2230. The first-order chi connectivity index (χ1) is 39.4. The highest BCUT2D eigenvalue weighted by atomic mass is 16.7. The predicted molar refractivity (Wildman–Crippen MR) is 288 cm³/mol. The monoisotopic (exact) mass is 1180 g/mol. The smallest absolute Gasteiger partial charge is 0.411 e. The van der Waals surface area contributed by atoms with Crippen LogP contribution in [0.2, 0.25) is 0 Å². The molecule has 2 aromatic carbocycles. The van der Waals surface area contributed by atoms with E-state index in [2.05, 4.69) is 10.6 Å². The van der Waals surface area contributed by atoms with Crippen molar-refractivity contribution in [3.8, 4) is 0 Å². The SMILES string of the molecule is NCC1OC(OC2C(N)CC(N)C(OC3OC(COC(=O)Nc4ccc(Cc5ccc(NC(=O)OCC6OC(OC7C(N)CC(N)C(OC8OC(CN)C(O)CC8N)C7O)C(O)C(N)C6O)cc5)cc4)C(O)C(N)C3O)C2O)C(N)CC1O. The van der Waals surface area contributed by atoms with E-state index in [-0.39, 0.29) is 38.8 Å². The zero-order valence-corrected chi connectivity index (χ0v) is 45.4. The van der Waals surface area contributed by atoms with Gasteiger partial charge in [-0.1, -0.05) is 24.3 Å². The molecule has 0 bridgehead atoms. The fraction of sp³-hybridized carbons (Fsp3) is 0.725. The number of benzene rings is 2. The minimum absolute atomic E-state index is 0.00951. The molecule has 2 aromatic rings. The van der Waals surface area contributed by atoms with Crippen LogP contribution in [0.1, 0.15) is 36.8 Å². The zero-order valence-electron chi connectivity index (χ0n) is 45.4. The van der Waals surface area contributed by atoms with Gasteiger partial charge in [0.15, 0.2) is 25.2 Å². The summed E-state index contributed by atoms with van der Waals surface area (Å²) in [6, 6.07) is 6.05. The van der Waals surface area contributed by atoms with E-state index in [9.17, 15) is 50.4 Å². The average Bonchev–Trinajstić information content (AvgIpc) is 3.49. The van der Waals surface area contributed by atoms with Crippen LogP contribution in [0.4, 0.5) is 21.0 Å². The summed E-state index contributed by atoms with van der Waals surface area (Å²) in [6.07, 6.45) is -26.1.